The molecule has 1 aliphatic carbocycles. The van der Waals surface area contributed by atoms with Crippen molar-refractivity contribution in [3.8, 4) is 11.8 Å². The lowest BCUT2D eigenvalue weighted by molar-refractivity contribution is 0.0526. The number of hydrogen-bond acceptors (Lipinski definition) is 7. The highest BCUT2D eigenvalue weighted by molar-refractivity contribution is 9.10. The zero-order valence-corrected chi connectivity index (χ0v) is 18.2. The average molecular weight is 463 g/mol. The van der Waals surface area contributed by atoms with E-state index in [0.717, 1.165) is 24.3 Å². The van der Waals surface area contributed by atoms with Crippen LogP contribution in [0.3, 0.4) is 0 Å². The Bertz CT molecular complexity index is 1040. The molecule has 0 aromatic carbocycles. The zero-order valence-electron chi connectivity index (χ0n) is 16.6. The molecule has 154 valence electrons. The van der Waals surface area contributed by atoms with Crippen molar-refractivity contribution < 1.29 is 14.3 Å². The Morgan fingerprint density at radius 2 is 2.03 bits per heavy atom. The second-order valence-corrected chi connectivity index (χ2v) is 8.02. The van der Waals surface area contributed by atoms with Gasteiger partial charge in [-0.15, -0.1) is 0 Å². The predicted molar refractivity (Wildman–Crippen MR) is 109 cm³/mol. The van der Waals surface area contributed by atoms with E-state index >= 15 is 0 Å². The number of ether oxygens (including phenoxy) is 2. The van der Waals surface area contributed by atoms with E-state index in [4.69, 9.17) is 9.47 Å². The van der Waals surface area contributed by atoms with Crippen molar-refractivity contribution in [2.24, 2.45) is 5.92 Å². The third-order valence-corrected chi connectivity index (χ3v) is 5.82. The van der Waals surface area contributed by atoms with Gasteiger partial charge in [-0.05, 0) is 54.5 Å². The van der Waals surface area contributed by atoms with Crippen LogP contribution in [0, 0.1) is 5.92 Å². The van der Waals surface area contributed by atoms with Gasteiger partial charge in [0.25, 0.3) is 5.95 Å². The first-order valence-electron chi connectivity index (χ1n) is 9.73. The van der Waals surface area contributed by atoms with Crippen molar-refractivity contribution in [2.75, 3.05) is 13.7 Å². The Morgan fingerprint density at radius 1 is 1.28 bits per heavy atom. The Labute approximate surface area is 176 Å². The van der Waals surface area contributed by atoms with E-state index in [1.165, 1.54) is 23.7 Å². The van der Waals surface area contributed by atoms with Crippen molar-refractivity contribution in [3.05, 3.63) is 22.6 Å². The molecule has 0 spiro atoms. The topological polar surface area (TPSA) is 96.9 Å². The smallest absolute Gasteiger partial charge is 0.341 e. The molecule has 0 unspecified atom stereocenters. The van der Waals surface area contributed by atoms with E-state index in [1.807, 2.05) is 4.68 Å². The van der Waals surface area contributed by atoms with Crippen LogP contribution in [0.15, 0.2) is 17.0 Å². The number of nitrogens with zero attached hydrogens (tertiary/aromatic N) is 6. The second-order valence-electron chi connectivity index (χ2n) is 7.27. The van der Waals surface area contributed by atoms with Gasteiger partial charge in [-0.1, -0.05) is 6.92 Å². The summed E-state index contributed by atoms with van der Waals surface area (Å²) >= 11 is 3.53. The number of halogens is 1. The fraction of sp³-hybridized carbons (Fsp3) is 0.526. The van der Waals surface area contributed by atoms with Crippen LogP contribution in [0.5, 0.6) is 5.88 Å². The number of fused-ring (bicyclic) bond motifs is 1. The maximum absolute atomic E-state index is 11.9. The van der Waals surface area contributed by atoms with E-state index < -0.39 is 5.97 Å². The molecular weight excluding hydrogens is 440 g/mol. The van der Waals surface area contributed by atoms with Gasteiger partial charge in [-0.2, -0.15) is 15.2 Å². The lowest BCUT2D eigenvalue weighted by Gasteiger charge is -2.26. The fourth-order valence-corrected chi connectivity index (χ4v) is 4.16. The molecule has 9 nitrogen and oxygen atoms in total. The maximum atomic E-state index is 11.9. The van der Waals surface area contributed by atoms with Crippen LogP contribution in [-0.2, 0) is 4.74 Å². The minimum Gasteiger partial charge on any atom is -0.479 e. The predicted octanol–water partition coefficient (Wildman–Crippen LogP) is 3.71. The average Bonchev–Trinajstić information content (AvgIpc) is 3.34. The van der Waals surface area contributed by atoms with Crippen LogP contribution in [0.1, 0.15) is 55.9 Å². The maximum Gasteiger partial charge on any atom is 0.341 e. The first kappa shape index (κ1) is 19.8. The summed E-state index contributed by atoms with van der Waals surface area (Å²) in [6.45, 7) is 4.34. The molecule has 29 heavy (non-hydrogen) atoms. The van der Waals surface area contributed by atoms with Crippen molar-refractivity contribution in [1.82, 2.24) is 29.5 Å². The van der Waals surface area contributed by atoms with Gasteiger partial charge in [0.2, 0.25) is 5.88 Å². The molecule has 3 aromatic rings. The fourth-order valence-electron chi connectivity index (χ4n) is 3.71. The highest BCUT2D eigenvalue weighted by Gasteiger charge is 2.26. The zero-order chi connectivity index (χ0) is 20.5. The summed E-state index contributed by atoms with van der Waals surface area (Å²) in [4.78, 5) is 21.1. The van der Waals surface area contributed by atoms with Crippen molar-refractivity contribution >= 4 is 32.9 Å². The largest absolute Gasteiger partial charge is 0.479 e. The van der Waals surface area contributed by atoms with E-state index in [2.05, 4.69) is 43.0 Å². The molecule has 0 saturated heterocycles. The number of hydrogen-bond donors (Lipinski definition) is 0. The van der Waals surface area contributed by atoms with Crippen molar-refractivity contribution in [3.63, 3.8) is 0 Å². The number of esters is 1. The summed E-state index contributed by atoms with van der Waals surface area (Å²) in [7, 11) is 1.58. The highest BCUT2D eigenvalue weighted by Crippen LogP contribution is 2.37. The Balaban J connectivity index is 1.75. The summed E-state index contributed by atoms with van der Waals surface area (Å²) in [5.74, 6) is 1.03. The quantitative estimate of drug-likeness (QED) is 0.532. The first-order chi connectivity index (χ1) is 14.0. The van der Waals surface area contributed by atoms with E-state index in [9.17, 15) is 4.79 Å². The van der Waals surface area contributed by atoms with Gasteiger partial charge in [0.15, 0.2) is 10.1 Å². The summed E-state index contributed by atoms with van der Waals surface area (Å²) in [5.41, 5.74) is 1.75. The number of rotatable bonds is 5. The summed E-state index contributed by atoms with van der Waals surface area (Å²) < 4.78 is 14.6. The Morgan fingerprint density at radius 3 is 2.72 bits per heavy atom. The van der Waals surface area contributed by atoms with Crippen LogP contribution in [0.25, 0.3) is 17.0 Å². The molecule has 10 heteroatoms. The molecule has 1 saturated carbocycles. The van der Waals surface area contributed by atoms with E-state index in [0.29, 0.717) is 40.2 Å². The molecule has 0 N–H and O–H groups in total. The van der Waals surface area contributed by atoms with Gasteiger partial charge in [0, 0.05) is 6.20 Å². The summed E-state index contributed by atoms with van der Waals surface area (Å²) in [6.07, 6.45) is 7.46. The van der Waals surface area contributed by atoms with Crippen LogP contribution in [-0.4, -0.2) is 49.2 Å². The van der Waals surface area contributed by atoms with Gasteiger partial charge in [-0.3, -0.25) is 4.68 Å². The standard InChI is InChI=1S/C19H23BrN6O3/c1-4-29-18(27)12-9-21-25(10-12)19-22-14-15(17(23-19)28-3)26(24-16(14)20)13-7-5-11(2)6-8-13/h9-11,13H,4-8H2,1-3H3. The minimum atomic E-state index is -0.438. The number of aromatic nitrogens is 6. The lowest BCUT2D eigenvalue weighted by atomic mass is 9.87. The molecule has 0 amide bonds. The Hall–Kier alpha value is -2.49. The molecule has 1 fully saturated rings. The van der Waals surface area contributed by atoms with E-state index in [1.54, 1.807) is 20.2 Å². The monoisotopic (exact) mass is 462 g/mol. The molecule has 0 atom stereocenters. The number of methoxy groups -OCH3 is 1. The summed E-state index contributed by atoms with van der Waals surface area (Å²) in [6, 6.07) is 0.295. The molecule has 0 bridgehead atoms. The third-order valence-electron chi connectivity index (χ3n) is 5.28. The number of carbonyl (C=O) groups excluding carboxylic acids is 1. The molecule has 0 aliphatic heterocycles. The van der Waals surface area contributed by atoms with E-state index in [-0.39, 0.29) is 0 Å². The van der Waals surface area contributed by atoms with Crippen LogP contribution < -0.4 is 4.74 Å². The molecule has 0 radical (unpaired) electrons. The molecule has 3 aromatic heterocycles. The van der Waals surface area contributed by atoms with Crippen molar-refractivity contribution in [2.45, 2.75) is 45.6 Å². The van der Waals surface area contributed by atoms with Crippen LogP contribution >= 0.6 is 15.9 Å². The molecular formula is C19H23BrN6O3. The molecule has 1 aliphatic rings. The number of carbonyl (C=O) groups is 1. The van der Waals surface area contributed by atoms with Crippen LogP contribution in [0.2, 0.25) is 0 Å². The highest BCUT2D eigenvalue weighted by atomic mass is 79.9. The molecule has 4 rings (SSSR count). The van der Waals surface area contributed by atoms with Gasteiger partial charge < -0.3 is 9.47 Å². The Kier molecular flexibility index (Phi) is 5.53. The summed E-state index contributed by atoms with van der Waals surface area (Å²) in [5, 5.41) is 8.89. The third kappa shape index (κ3) is 3.73. The van der Waals surface area contributed by atoms with Gasteiger partial charge in [0.05, 0.1) is 31.5 Å². The SMILES string of the molecule is CCOC(=O)c1cnn(-c2nc(OC)c3c(n2)c(Br)nn3C2CCC(C)CC2)c1. The molecule has 3 heterocycles. The normalized spacial score (nSPS) is 19.4. The first-order valence-corrected chi connectivity index (χ1v) is 10.5. The van der Waals surface area contributed by atoms with Crippen LogP contribution in [0.4, 0.5) is 0 Å². The van der Waals surface area contributed by atoms with Gasteiger partial charge in [-0.25, -0.2) is 14.5 Å². The van der Waals surface area contributed by atoms with Gasteiger partial charge >= 0.3 is 5.97 Å². The lowest BCUT2D eigenvalue weighted by Crippen LogP contribution is -2.18. The van der Waals surface area contributed by atoms with Crippen molar-refractivity contribution in [1.29, 1.82) is 0 Å². The van der Waals surface area contributed by atoms with Gasteiger partial charge in [0.1, 0.15) is 5.52 Å². The minimum absolute atomic E-state index is 0.294. The second kappa shape index (κ2) is 8.10.